The molecule has 12 heteroatoms. The van der Waals surface area contributed by atoms with Crippen molar-refractivity contribution in [2.24, 2.45) is 0 Å². The third-order valence-electron chi connectivity index (χ3n) is 4.17. The van der Waals surface area contributed by atoms with E-state index < -0.39 is 12.8 Å². The first-order valence-electron chi connectivity index (χ1n) is 11.4. The maximum Gasteiger partial charge on any atom is 0.411 e. The van der Waals surface area contributed by atoms with Crippen LogP contribution in [-0.2, 0) is 42.6 Å². The number of hydrogen-bond acceptors (Lipinski definition) is 9. The Morgan fingerprint density at radius 2 is 0.939 bits per heavy atom. The van der Waals surface area contributed by atoms with E-state index in [9.17, 15) is 13.2 Å². The van der Waals surface area contributed by atoms with Crippen molar-refractivity contribution in [1.29, 1.82) is 0 Å². The molecule has 1 fully saturated rings. The van der Waals surface area contributed by atoms with Crippen LogP contribution in [0.5, 0.6) is 0 Å². The zero-order chi connectivity index (χ0) is 23.9. The summed E-state index contributed by atoms with van der Waals surface area (Å²) in [5.74, 6) is 0. The Morgan fingerprint density at radius 1 is 0.545 bits per heavy atom. The Bertz CT molecular complexity index is 411. The fraction of sp³-hybridized carbons (Fsp3) is 1.00. The van der Waals surface area contributed by atoms with Gasteiger partial charge in [0.2, 0.25) is 0 Å². The molecule has 0 N–H and O–H groups in total. The minimum Gasteiger partial charge on any atom is -0.377 e. The first kappa shape index (κ1) is 30.5. The Morgan fingerprint density at radius 3 is 1.30 bits per heavy atom. The van der Waals surface area contributed by atoms with Crippen molar-refractivity contribution < 1.29 is 55.8 Å². The average Bonchev–Trinajstić information content (AvgIpc) is 2.79. The summed E-state index contributed by atoms with van der Waals surface area (Å²) in [5, 5.41) is 0. The number of rotatable bonds is 23. The van der Waals surface area contributed by atoms with Crippen molar-refractivity contribution in [1.82, 2.24) is 0 Å². The first-order chi connectivity index (χ1) is 16.1. The van der Waals surface area contributed by atoms with Crippen LogP contribution in [0.3, 0.4) is 0 Å². The highest BCUT2D eigenvalue weighted by Crippen LogP contribution is 2.14. The van der Waals surface area contributed by atoms with Crippen LogP contribution in [0.25, 0.3) is 0 Å². The molecule has 0 saturated carbocycles. The summed E-state index contributed by atoms with van der Waals surface area (Å²) in [6, 6.07) is 0. The molecule has 0 aromatic heterocycles. The second kappa shape index (κ2) is 21.9. The Balaban J connectivity index is 1.64. The fourth-order valence-electron chi connectivity index (χ4n) is 2.59. The Kier molecular flexibility index (Phi) is 20.2. The Hall–Kier alpha value is -0.570. The molecule has 1 aliphatic heterocycles. The van der Waals surface area contributed by atoms with Gasteiger partial charge in [0, 0.05) is 6.61 Å². The van der Waals surface area contributed by atoms with Gasteiger partial charge >= 0.3 is 6.18 Å². The minimum atomic E-state index is -4.31. The van der Waals surface area contributed by atoms with Gasteiger partial charge in [0.1, 0.15) is 6.61 Å². The smallest absolute Gasteiger partial charge is 0.377 e. The van der Waals surface area contributed by atoms with E-state index in [-0.39, 0.29) is 26.1 Å². The highest BCUT2D eigenvalue weighted by molar-refractivity contribution is 4.53. The van der Waals surface area contributed by atoms with Gasteiger partial charge in [0.05, 0.1) is 92.5 Å². The van der Waals surface area contributed by atoms with Gasteiger partial charge in [-0.15, -0.1) is 0 Å². The van der Waals surface area contributed by atoms with E-state index in [0.29, 0.717) is 72.7 Å². The zero-order valence-electron chi connectivity index (χ0n) is 19.3. The molecule has 0 radical (unpaired) electrons. The first-order valence-corrected chi connectivity index (χ1v) is 11.4. The summed E-state index contributed by atoms with van der Waals surface area (Å²) in [5.41, 5.74) is 0. The van der Waals surface area contributed by atoms with E-state index in [1.807, 2.05) is 0 Å². The highest BCUT2D eigenvalue weighted by atomic mass is 19.4. The van der Waals surface area contributed by atoms with Crippen molar-refractivity contribution in [3.63, 3.8) is 0 Å². The molecule has 0 spiro atoms. The van der Waals surface area contributed by atoms with Gasteiger partial charge in [-0.2, -0.15) is 13.2 Å². The van der Waals surface area contributed by atoms with Crippen molar-refractivity contribution in [3.8, 4) is 0 Å². The molecule has 33 heavy (non-hydrogen) atoms. The highest BCUT2D eigenvalue weighted by Gasteiger charge is 2.27. The van der Waals surface area contributed by atoms with Crippen molar-refractivity contribution in [3.05, 3.63) is 0 Å². The molecule has 0 aromatic rings. The molecule has 1 aliphatic rings. The molecule has 1 saturated heterocycles. The minimum absolute atomic E-state index is 0.0813. The lowest BCUT2D eigenvalue weighted by molar-refractivity contribution is -0.176. The molecule has 0 aliphatic carbocycles. The van der Waals surface area contributed by atoms with Crippen LogP contribution in [0.15, 0.2) is 0 Å². The standard InChI is InChI=1S/C21H39F3O9/c22-21(23,24)19-31-16-15-29-12-11-27-8-7-25-5-6-26-9-10-28-13-14-30-17-18-33-20-3-1-2-4-32-20/h20H,1-19H2. The topological polar surface area (TPSA) is 83.1 Å². The van der Waals surface area contributed by atoms with Gasteiger partial charge < -0.3 is 42.6 Å². The second-order valence-corrected chi connectivity index (χ2v) is 7.01. The van der Waals surface area contributed by atoms with Crippen LogP contribution in [0.1, 0.15) is 19.3 Å². The summed E-state index contributed by atoms with van der Waals surface area (Å²) in [6.45, 7) is 4.87. The van der Waals surface area contributed by atoms with Crippen LogP contribution in [-0.4, -0.2) is 118 Å². The molecule has 1 rings (SSSR count). The van der Waals surface area contributed by atoms with E-state index in [4.69, 9.17) is 37.9 Å². The van der Waals surface area contributed by atoms with Gasteiger partial charge in [-0.05, 0) is 19.3 Å². The number of alkyl halides is 3. The lowest BCUT2D eigenvalue weighted by Crippen LogP contribution is -2.24. The van der Waals surface area contributed by atoms with Crippen LogP contribution in [0, 0.1) is 0 Å². The summed E-state index contributed by atoms with van der Waals surface area (Å²) in [7, 11) is 0. The third kappa shape index (κ3) is 23.0. The molecule has 1 heterocycles. The number of halogens is 3. The second-order valence-electron chi connectivity index (χ2n) is 7.01. The summed E-state index contributed by atoms with van der Waals surface area (Å²) < 4.78 is 82.9. The van der Waals surface area contributed by atoms with Crippen molar-refractivity contribution in [2.75, 3.05) is 106 Å². The van der Waals surface area contributed by atoms with Crippen LogP contribution < -0.4 is 0 Å². The number of ether oxygens (including phenoxy) is 9. The summed E-state index contributed by atoms with van der Waals surface area (Å²) in [4.78, 5) is 0. The van der Waals surface area contributed by atoms with E-state index in [1.54, 1.807) is 0 Å². The van der Waals surface area contributed by atoms with Crippen LogP contribution >= 0.6 is 0 Å². The largest absolute Gasteiger partial charge is 0.411 e. The van der Waals surface area contributed by atoms with E-state index in [1.165, 1.54) is 0 Å². The van der Waals surface area contributed by atoms with Crippen molar-refractivity contribution >= 4 is 0 Å². The molecule has 0 bridgehead atoms. The lowest BCUT2D eigenvalue weighted by atomic mass is 10.2. The molecule has 0 aromatic carbocycles. The Labute approximate surface area is 194 Å². The van der Waals surface area contributed by atoms with Crippen molar-refractivity contribution in [2.45, 2.75) is 31.7 Å². The number of hydrogen-bond donors (Lipinski definition) is 0. The predicted octanol–water partition coefficient (Wildman–Crippen LogP) is 2.21. The SMILES string of the molecule is FC(F)(F)COCCOCCOCCOCCOCCOCCOCCOC1CCCCO1. The average molecular weight is 493 g/mol. The third-order valence-corrected chi connectivity index (χ3v) is 4.17. The maximum absolute atomic E-state index is 11.8. The normalized spacial score (nSPS) is 17.0. The van der Waals surface area contributed by atoms with Gasteiger partial charge in [0.15, 0.2) is 6.29 Å². The maximum atomic E-state index is 11.8. The molecular weight excluding hydrogens is 453 g/mol. The van der Waals surface area contributed by atoms with E-state index in [0.717, 1.165) is 25.9 Å². The monoisotopic (exact) mass is 492 g/mol. The molecular formula is C21H39F3O9. The van der Waals surface area contributed by atoms with E-state index >= 15 is 0 Å². The summed E-state index contributed by atoms with van der Waals surface area (Å²) in [6.07, 6.45) is -1.18. The van der Waals surface area contributed by atoms with Gasteiger partial charge in [0.25, 0.3) is 0 Å². The van der Waals surface area contributed by atoms with Gasteiger partial charge in [-0.3, -0.25) is 0 Å². The molecule has 1 unspecified atom stereocenters. The molecule has 1 atom stereocenters. The molecule has 0 amide bonds. The van der Waals surface area contributed by atoms with Crippen LogP contribution in [0.4, 0.5) is 13.2 Å². The zero-order valence-corrected chi connectivity index (χ0v) is 19.3. The van der Waals surface area contributed by atoms with Gasteiger partial charge in [-0.1, -0.05) is 0 Å². The van der Waals surface area contributed by atoms with E-state index in [2.05, 4.69) is 4.74 Å². The fourth-order valence-corrected chi connectivity index (χ4v) is 2.59. The molecule has 9 nitrogen and oxygen atoms in total. The summed E-state index contributed by atoms with van der Waals surface area (Å²) >= 11 is 0. The van der Waals surface area contributed by atoms with Gasteiger partial charge in [-0.25, -0.2) is 0 Å². The quantitative estimate of drug-likeness (QED) is 0.199. The molecule has 198 valence electrons. The lowest BCUT2D eigenvalue weighted by Gasteiger charge is -2.22. The van der Waals surface area contributed by atoms with Crippen LogP contribution in [0.2, 0.25) is 0 Å². The predicted molar refractivity (Wildman–Crippen MR) is 111 cm³/mol.